The van der Waals surface area contributed by atoms with E-state index >= 15 is 0 Å². The molecular formula is C14H21N5. The van der Waals surface area contributed by atoms with Gasteiger partial charge in [-0.25, -0.2) is 4.98 Å². The normalized spacial score (nSPS) is 16.0. The maximum Gasteiger partial charge on any atom is 0.132 e. The predicted molar refractivity (Wildman–Crippen MR) is 75.8 cm³/mol. The molecule has 2 aromatic rings. The Morgan fingerprint density at radius 2 is 2.00 bits per heavy atom. The maximum atomic E-state index is 6.36. The van der Waals surface area contributed by atoms with Gasteiger partial charge in [0.15, 0.2) is 0 Å². The van der Waals surface area contributed by atoms with Crippen molar-refractivity contribution < 1.29 is 0 Å². The van der Waals surface area contributed by atoms with Crippen LogP contribution in [-0.4, -0.2) is 19.3 Å². The Hall–Kier alpha value is -1.78. The molecule has 19 heavy (non-hydrogen) atoms. The molecule has 0 unspecified atom stereocenters. The average molecular weight is 259 g/mol. The predicted octanol–water partition coefficient (Wildman–Crippen LogP) is 2.50. The van der Waals surface area contributed by atoms with E-state index in [1.165, 1.54) is 12.8 Å². The summed E-state index contributed by atoms with van der Waals surface area (Å²) in [7, 11) is 1.91. The zero-order valence-electron chi connectivity index (χ0n) is 12.0. The van der Waals surface area contributed by atoms with Crippen molar-refractivity contribution in [1.29, 1.82) is 0 Å². The summed E-state index contributed by atoms with van der Waals surface area (Å²) in [6.45, 7) is 6.51. The molecule has 1 aliphatic rings. The molecule has 0 bridgehead atoms. The van der Waals surface area contributed by atoms with E-state index in [-0.39, 0.29) is 5.54 Å². The molecule has 1 saturated carbocycles. The van der Waals surface area contributed by atoms with E-state index in [4.69, 9.17) is 10.7 Å². The van der Waals surface area contributed by atoms with E-state index in [2.05, 4.69) is 30.4 Å². The lowest BCUT2D eigenvalue weighted by Gasteiger charge is -2.25. The number of aromatic nitrogens is 4. The number of nitrogen functional groups attached to an aromatic ring is 1. The van der Waals surface area contributed by atoms with Crippen molar-refractivity contribution in [3.8, 4) is 11.3 Å². The first-order valence-corrected chi connectivity index (χ1v) is 6.75. The number of rotatable bonds is 2. The average Bonchev–Trinajstić information content (AvgIpc) is 2.96. The van der Waals surface area contributed by atoms with E-state index in [9.17, 15) is 0 Å². The van der Waals surface area contributed by atoms with Crippen molar-refractivity contribution >= 4 is 5.82 Å². The molecule has 5 heteroatoms. The summed E-state index contributed by atoms with van der Waals surface area (Å²) in [5, 5.41) is 4.21. The van der Waals surface area contributed by atoms with Crippen molar-refractivity contribution in [3.63, 3.8) is 0 Å². The fraction of sp³-hybridized carbons (Fsp3) is 0.571. The van der Waals surface area contributed by atoms with E-state index in [0.29, 0.717) is 5.92 Å². The summed E-state index contributed by atoms with van der Waals surface area (Å²) in [4.78, 5) is 4.81. The Morgan fingerprint density at radius 3 is 2.47 bits per heavy atom. The van der Waals surface area contributed by atoms with Crippen LogP contribution in [0.2, 0.25) is 0 Å². The van der Waals surface area contributed by atoms with Crippen LogP contribution in [0, 0.1) is 0 Å². The Balaban J connectivity index is 2.17. The van der Waals surface area contributed by atoms with Gasteiger partial charge >= 0.3 is 0 Å². The van der Waals surface area contributed by atoms with Gasteiger partial charge in [0.25, 0.3) is 0 Å². The van der Waals surface area contributed by atoms with Crippen LogP contribution in [0.1, 0.15) is 45.4 Å². The first kappa shape index (κ1) is 12.3. The summed E-state index contributed by atoms with van der Waals surface area (Å²) in [5.41, 5.74) is 8.17. The van der Waals surface area contributed by atoms with Crippen molar-refractivity contribution in [2.75, 3.05) is 5.73 Å². The molecular weight excluding hydrogens is 238 g/mol. The van der Waals surface area contributed by atoms with Crippen LogP contribution in [0.4, 0.5) is 5.82 Å². The van der Waals surface area contributed by atoms with E-state index in [1.54, 1.807) is 4.68 Å². The summed E-state index contributed by atoms with van der Waals surface area (Å²) < 4.78 is 3.97. The number of anilines is 1. The summed E-state index contributed by atoms with van der Waals surface area (Å²) in [5.74, 6) is 2.46. The van der Waals surface area contributed by atoms with Crippen LogP contribution in [-0.2, 0) is 12.6 Å². The van der Waals surface area contributed by atoms with Crippen LogP contribution < -0.4 is 5.73 Å². The third kappa shape index (κ3) is 2.03. The van der Waals surface area contributed by atoms with Crippen molar-refractivity contribution in [1.82, 2.24) is 19.3 Å². The quantitative estimate of drug-likeness (QED) is 0.901. The number of nitrogens with zero attached hydrogens (tertiary/aromatic N) is 4. The minimum Gasteiger partial charge on any atom is -0.383 e. The molecule has 0 aromatic carbocycles. The second-order valence-corrected chi connectivity index (χ2v) is 6.39. The highest BCUT2D eigenvalue weighted by Gasteiger charge is 2.34. The van der Waals surface area contributed by atoms with Crippen molar-refractivity contribution in [3.05, 3.63) is 18.2 Å². The number of hydrogen-bond acceptors (Lipinski definition) is 3. The Bertz CT molecular complexity index is 610. The molecule has 0 spiro atoms. The molecule has 5 nitrogen and oxygen atoms in total. The van der Waals surface area contributed by atoms with Crippen LogP contribution in [0.3, 0.4) is 0 Å². The smallest absolute Gasteiger partial charge is 0.132 e. The lowest BCUT2D eigenvalue weighted by atomic mass is 10.1. The molecule has 3 rings (SSSR count). The van der Waals surface area contributed by atoms with Crippen LogP contribution in [0.15, 0.2) is 12.4 Å². The van der Waals surface area contributed by atoms with Gasteiger partial charge in [-0.3, -0.25) is 4.68 Å². The van der Waals surface area contributed by atoms with Gasteiger partial charge in [0.05, 0.1) is 6.20 Å². The van der Waals surface area contributed by atoms with Gasteiger partial charge in [0.2, 0.25) is 0 Å². The zero-order chi connectivity index (χ0) is 13.8. The van der Waals surface area contributed by atoms with Crippen molar-refractivity contribution in [2.45, 2.75) is 45.1 Å². The second kappa shape index (κ2) is 3.85. The molecule has 102 valence electrons. The molecule has 1 aliphatic carbocycles. The summed E-state index contributed by atoms with van der Waals surface area (Å²) in [6, 6.07) is 0. The minimum absolute atomic E-state index is 0.0462. The highest BCUT2D eigenvalue weighted by atomic mass is 15.2. The Morgan fingerprint density at radius 1 is 1.32 bits per heavy atom. The second-order valence-electron chi connectivity index (χ2n) is 6.39. The molecule has 2 heterocycles. The largest absolute Gasteiger partial charge is 0.383 e. The Kier molecular flexibility index (Phi) is 2.49. The molecule has 0 amide bonds. The lowest BCUT2D eigenvalue weighted by Crippen LogP contribution is -2.25. The number of hydrogen-bond donors (Lipinski definition) is 1. The van der Waals surface area contributed by atoms with Crippen LogP contribution in [0.5, 0.6) is 0 Å². The van der Waals surface area contributed by atoms with Crippen LogP contribution >= 0.6 is 0 Å². The number of aryl methyl sites for hydroxylation is 1. The topological polar surface area (TPSA) is 61.7 Å². The van der Waals surface area contributed by atoms with Gasteiger partial charge in [0.1, 0.15) is 17.3 Å². The molecule has 0 aliphatic heterocycles. The van der Waals surface area contributed by atoms with Crippen molar-refractivity contribution in [2.24, 2.45) is 7.05 Å². The summed E-state index contributed by atoms with van der Waals surface area (Å²) in [6.07, 6.45) is 6.22. The standard InChI is InChI=1S/C14H21N5/c1-14(2,3)19-12(15)11(10-7-16-18(4)8-10)17-13(19)9-5-6-9/h7-9H,5-6,15H2,1-4H3. The monoisotopic (exact) mass is 259 g/mol. The first-order valence-electron chi connectivity index (χ1n) is 6.75. The lowest BCUT2D eigenvalue weighted by molar-refractivity contribution is 0.388. The molecule has 0 saturated heterocycles. The maximum absolute atomic E-state index is 6.36. The van der Waals surface area contributed by atoms with Crippen LogP contribution in [0.25, 0.3) is 11.3 Å². The molecule has 2 N–H and O–H groups in total. The number of nitrogens with two attached hydrogens (primary N) is 1. The Labute approximate surface area is 113 Å². The van der Waals surface area contributed by atoms with Gasteiger partial charge in [-0.15, -0.1) is 0 Å². The van der Waals surface area contributed by atoms with Gasteiger partial charge in [-0.05, 0) is 33.6 Å². The van der Waals surface area contributed by atoms with Gasteiger partial charge in [0, 0.05) is 30.3 Å². The van der Waals surface area contributed by atoms with Gasteiger partial charge in [-0.2, -0.15) is 5.10 Å². The number of imidazole rings is 1. The third-order valence-electron chi connectivity index (χ3n) is 3.53. The van der Waals surface area contributed by atoms with Gasteiger partial charge < -0.3 is 10.3 Å². The fourth-order valence-corrected chi connectivity index (χ4v) is 2.53. The van der Waals surface area contributed by atoms with E-state index < -0.39 is 0 Å². The zero-order valence-corrected chi connectivity index (χ0v) is 12.0. The van der Waals surface area contributed by atoms with E-state index in [0.717, 1.165) is 22.9 Å². The molecule has 0 radical (unpaired) electrons. The minimum atomic E-state index is -0.0462. The first-order chi connectivity index (χ1) is 8.88. The SMILES string of the molecule is Cn1cc(-c2nc(C3CC3)n(C(C)(C)C)c2N)cn1. The highest BCUT2D eigenvalue weighted by Crippen LogP contribution is 2.44. The molecule has 0 atom stereocenters. The fourth-order valence-electron chi connectivity index (χ4n) is 2.53. The van der Waals surface area contributed by atoms with E-state index in [1.807, 2.05) is 19.4 Å². The highest BCUT2D eigenvalue weighted by molar-refractivity contribution is 5.70. The molecule has 2 aromatic heterocycles. The third-order valence-corrected chi connectivity index (χ3v) is 3.53. The summed E-state index contributed by atoms with van der Waals surface area (Å²) >= 11 is 0. The van der Waals surface area contributed by atoms with Gasteiger partial charge in [-0.1, -0.05) is 0 Å². The molecule has 1 fully saturated rings.